The molecule has 2 aliphatic heterocycles. The summed E-state index contributed by atoms with van der Waals surface area (Å²) in [4.78, 5) is 11.1. The van der Waals surface area contributed by atoms with Gasteiger partial charge >= 0.3 is 0 Å². The van der Waals surface area contributed by atoms with Crippen LogP contribution in [0.4, 0.5) is 11.4 Å². The lowest BCUT2D eigenvalue weighted by Crippen LogP contribution is -2.25. The van der Waals surface area contributed by atoms with Crippen molar-refractivity contribution in [3.8, 4) is 5.75 Å². The van der Waals surface area contributed by atoms with Crippen molar-refractivity contribution in [2.45, 2.75) is 6.42 Å². The Kier molecular flexibility index (Phi) is 3.69. The smallest absolute Gasteiger partial charge is 0.246 e. The van der Waals surface area contributed by atoms with E-state index in [4.69, 9.17) is 4.74 Å². The normalized spacial score (nSPS) is 19.8. The summed E-state index contributed by atoms with van der Waals surface area (Å²) in [5.41, 5.74) is 2.04. The molecule has 0 aromatic heterocycles. The largest absolute Gasteiger partial charge is 0.494 e. The predicted molar refractivity (Wildman–Crippen MR) is 83.5 cm³/mol. The third kappa shape index (κ3) is 2.74. The number of nitrogens with one attached hydrogen (secondary N) is 2. The first kappa shape index (κ1) is 14.7. The molecule has 1 amide bonds. The first-order valence-corrected chi connectivity index (χ1v) is 8.54. The molecule has 1 saturated heterocycles. The summed E-state index contributed by atoms with van der Waals surface area (Å²) in [6.07, 6.45) is 2.11. The van der Waals surface area contributed by atoms with Gasteiger partial charge in [-0.15, -0.1) is 0 Å². The van der Waals surface area contributed by atoms with E-state index >= 15 is 0 Å². The molecule has 0 unspecified atom stereocenters. The van der Waals surface area contributed by atoms with E-state index in [1.807, 2.05) is 0 Å². The van der Waals surface area contributed by atoms with Crippen molar-refractivity contribution in [3.63, 3.8) is 0 Å². The summed E-state index contributed by atoms with van der Waals surface area (Å²) in [5, 5.41) is 5.79. The molecule has 2 aliphatic rings. The minimum Gasteiger partial charge on any atom is -0.494 e. The first-order valence-electron chi connectivity index (χ1n) is 6.93. The Bertz CT molecular complexity index is 742. The number of carbonyl (C=O) groups excluding carboxylic acids is 1. The van der Waals surface area contributed by atoms with Gasteiger partial charge in [0.15, 0.2) is 0 Å². The number of rotatable bonds is 4. The Labute approximate surface area is 129 Å². The van der Waals surface area contributed by atoms with Crippen molar-refractivity contribution in [2.24, 2.45) is 0 Å². The number of methoxy groups -OCH3 is 1. The molecule has 7 nitrogen and oxygen atoms in total. The SMILES string of the molecule is COc1cc(NC2=CC(=O)NC2)ccc1N1CCCS1(=O)=O. The van der Waals surface area contributed by atoms with Crippen molar-refractivity contribution in [1.82, 2.24) is 5.32 Å². The van der Waals surface area contributed by atoms with Crippen LogP contribution in [0.25, 0.3) is 0 Å². The minimum absolute atomic E-state index is 0.130. The van der Waals surface area contributed by atoms with Crippen molar-refractivity contribution in [3.05, 3.63) is 30.0 Å². The quantitative estimate of drug-likeness (QED) is 0.850. The van der Waals surface area contributed by atoms with Crippen LogP contribution in [0.3, 0.4) is 0 Å². The number of hydrogen-bond acceptors (Lipinski definition) is 5. The van der Waals surface area contributed by atoms with Crippen LogP contribution >= 0.6 is 0 Å². The highest BCUT2D eigenvalue weighted by Gasteiger charge is 2.30. The maximum absolute atomic E-state index is 12.0. The van der Waals surface area contributed by atoms with Gasteiger partial charge in [0.2, 0.25) is 15.9 Å². The van der Waals surface area contributed by atoms with E-state index in [1.54, 1.807) is 18.2 Å². The van der Waals surface area contributed by atoms with Crippen molar-refractivity contribution in [1.29, 1.82) is 0 Å². The lowest BCUT2D eigenvalue weighted by atomic mass is 10.2. The van der Waals surface area contributed by atoms with Crippen molar-refractivity contribution < 1.29 is 17.9 Å². The first-order chi connectivity index (χ1) is 10.5. The van der Waals surface area contributed by atoms with Crippen LogP contribution < -0.4 is 19.7 Å². The molecule has 0 saturated carbocycles. The van der Waals surface area contributed by atoms with Crippen molar-refractivity contribution in [2.75, 3.05) is 35.6 Å². The molecule has 2 heterocycles. The number of hydrogen-bond donors (Lipinski definition) is 2. The molecule has 1 fully saturated rings. The van der Waals surface area contributed by atoms with Gasteiger partial charge in [-0.2, -0.15) is 0 Å². The molecule has 3 rings (SSSR count). The number of ether oxygens (including phenoxy) is 1. The highest BCUT2D eigenvalue weighted by atomic mass is 32.2. The van der Waals surface area contributed by atoms with E-state index in [9.17, 15) is 13.2 Å². The molecular formula is C14H17N3O4S. The Morgan fingerprint density at radius 1 is 1.36 bits per heavy atom. The van der Waals surface area contributed by atoms with Gasteiger partial charge in [-0.25, -0.2) is 8.42 Å². The molecule has 22 heavy (non-hydrogen) atoms. The molecule has 0 aliphatic carbocycles. The van der Waals surface area contributed by atoms with Gasteiger partial charge < -0.3 is 15.4 Å². The van der Waals surface area contributed by atoms with Crippen LogP contribution in [0, 0.1) is 0 Å². The fourth-order valence-corrected chi connectivity index (χ4v) is 4.15. The second-order valence-electron chi connectivity index (χ2n) is 5.14. The lowest BCUT2D eigenvalue weighted by molar-refractivity contribution is -0.115. The van der Waals surface area contributed by atoms with Crippen LogP contribution in [0.15, 0.2) is 30.0 Å². The van der Waals surface area contributed by atoms with E-state index in [0.717, 1.165) is 11.4 Å². The van der Waals surface area contributed by atoms with Gasteiger partial charge in [0.1, 0.15) is 5.75 Å². The molecule has 0 bridgehead atoms. The highest BCUT2D eigenvalue weighted by molar-refractivity contribution is 7.93. The Morgan fingerprint density at radius 2 is 2.18 bits per heavy atom. The number of nitrogens with zero attached hydrogens (tertiary/aromatic N) is 1. The number of sulfonamides is 1. The van der Waals surface area contributed by atoms with Crippen LogP contribution in [-0.2, 0) is 14.8 Å². The Morgan fingerprint density at radius 3 is 2.77 bits per heavy atom. The molecule has 0 spiro atoms. The summed E-state index contributed by atoms with van der Waals surface area (Å²) in [6.45, 7) is 0.915. The fourth-order valence-electron chi connectivity index (χ4n) is 2.58. The zero-order valence-electron chi connectivity index (χ0n) is 12.1. The van der Waals surface area contributed by atoms with Gasteiger partial charge in [0.25, 0.3) is 0 Å². The summed E-state index contributed by atoms with van der Waals surface area (Å²) in [6, 6.07) is 5.22. The molecular weight excluding hydrogens is 306 g/mol. The summed E-state index contributed by atoms with van der Waals surface area (Å²) >= 11 is 0. The van der Waals surface area contributed by atoms with Gasteiger partial charge in [-0.1, -0.05) is 0 Å². The van der Waals surface area contributed by atoms with E-state index in [1.165, 1.54) is 17.5 Å². The molecule has 2 N–H and O–H groups in total. The molecule has 0 radical (unpaired) electrons. The topological polar surface area (TPSA) is 87.7 Å². The van der Waals surface area contributed by atoms with Gasteiger partial charge in [-0.05, 0) is 18.6 Å². The number of amides is 1. The number of carbonyl (C=O) groups is 1. The maximum atomic E-state index is 12.0. The van der Waals surface area contributed by atoms with Crippen LogP contribution in [0.2, 0.25) is 0 Å². The van der Waals surface area contributed by atoms with E-state index < -0.39 is 10.0 Å². The van der Waals surface area contributed by atoms with Gasteiger partial charge in [0, 0.05) is 30.1 Å². The fraction of sp³-hybridized carbons (Fsp3) is 0.357. The average Bonchev–Trinajstić information content (AvgIpc) is 3.04. The second-order valence-corrected chi connectivity index (χ2v) is 7.15. The van der Waals surface area contributed by atoms with Crippen LogP contribution in [0.1, 0.15) is 6.42 Å². The molecule has 1 aromatic rings. The lowest BCUT2D eigenvalue weighted by Gasteiger charge is -2.20. The summed E-state index contributed by atoms with van der Waals surface area (Å²) in [5.74, 6) is 0.513. The van der Waals surface area contributed by atoms with Crippen LogP contribution in [-0.4, -0.2) is 40.3 Å². The summed E-state index contributed by atoms with van der Waals surface area (Å²) < 4.78 is 30.8. The van der Waals surface area contributed by atoms with E-state index in [0.29, 0.717) is 30.9 Å². The molecule has 118 valence electrons. The predicted octanol–water partition coefficient (Wildman–Crippen LogP) is 0.661. The zero-order chi connectivity index (χ0) is 15.7. The molecule has 1 aromatic carbocycles. The van der Waals surface area contributed by atoms with E-state index in [2.05, 4.69) is 10.6 Å². The van der Waals surface area contributed by atoms with Gasteiger partial charge in [-0.3, -0.25) is 9.10 Å². The van der Waals surface area contributed by atoms with E-state index in [-0.39, 0.29) is 11.7 Å². The summed E-state index contributed by atoms with van der Waals surface area (Å²) in [7, 11) is -1.74. The maximum Gasteiger partial charge on any atom is 0.246 e. The zero-order valence-corrected chi connectivity index (χ0v) is 12.9. The molecule has 0 atom stereocenters. The number of anilines is 2. The number of benzene rings is 1. The second kappa shape index (κ2) is 5.53. The Hall–Kier alpha value is -2.22. The van der Waals surface area contributed by atoms with Crippen molar-refractivity contribution >= 4 is 27.3 Å². The third-order valence-corrected chi connectivity index (χ3v) is 5.47. The van der Waals surface area contributed by atoms with Gasteiger partial charge in [0.05, 0.1) is 25.1 Å². The average molecular weight is 323 g/mol. The standard InChI is InChI=1S/C14H17N3O4S/c1-21-13-7-10(16-11-8-14(18)15-9-11)3-4-12(13)17-5-2-6-22(17,19)20/h3-4,7-8,16H,2,5-6,9H2,1H3,(H,15,18). The minimum atomic E-state index is -3.25. The van der Waals surface area contributed by atoms with Crippen LogP contribution in [0.5, 0.6) is 5.75 Å². The monoisotopic (exact) mass is 323 g/mol. The third-order valence-electron chi connectivity index (χ3n) is 3.61. The highest BCUT2D eigenvalue weighted by Crippen LogP contribution is 2.35. The molecule has 8 heteroatoms. The Balaban J connectivity index is 1.88.